The molecule has 0 saturated carbocycles. The van der Waals surface area contributed by atoms with Crippen LogP contribution in [0.1, 0.15) is 24.9 Å². The van der Waals surface area contributed by atoms with Crippen molar-refractivity contribution in [3.8, 4) is 0 Å². The van der Waals surface area contributed by atoms with Crippen LogP contribution in [0.4, 0.5) is 10.2 Å². The number of nitrogens with zero attached hydrogens (tertiary/aromatic N) is 3. The van der Waals surface area contributed by atoms with Gasteiger partial charge in [-0.05, 0) is 42.2 Å². The highest BCUT2D eigenvalue weighted by Crippen LogP contribution is 2.41. The molecule has 0 spiro atoms. The standard InChI is InChI=1S/C19H18FN3/c1-13-9-10-23(18(13)14-5-4-6-15(20)11-14)19-16-7-2-3-8-17(16)21-12-22-19/h2-8,11-13,18H,9-10H2,1H3. The molecule has 0 bridgehead atoms. The zero-order valence-electron chi connectivity index (χ0n) is 13.0. The van der Waals surface area contributed by atoms with Crippen molar-refractivity contribution in [2.75, 3.05) is 11.4 Å². The lowest BCUT2D eigenvalue weighted by Crippen LogP contribution is -2.26. The molecule has 4 heteroatoms. The maximum Gasteiger partial charge on any atom is 0.140 e. The fourth-order valence-corrected chi connectivity index (χ4v) is 3.60. The molecule has 23 heavy (non-hydrogen) atoms. The van der Waals surface area contributed by atoms with E-state index in [1.165, 1.54) is 6.07 Å². The topological polar surface area (TPSA) is 29.0 Å². The first-order chi connectivity index (χ1) is 11.2. The smallest absolute Gasteiger partial charge is 0.140 e. The van der Waals surface area contributed by atoms with E-state index in [0.29, 0.717) is 5.92 Å². The summed E-state index contributed by atoms with van der Waals surface area (Å²) < 4.78 is 13.7. The van der Waals surface area contributed by atoms with E-state index in [1.807, 2.05) is 24.3 Å². The first kappa shape index (κ1) is 14.1. The number of hydrogen-bond acceptors (Lipinski definition) is 3. The summed E-state index contributed by atoms with van der Waals surface area (Å²) >= 11 is 0. The lowest BCUT2D eigenvalue weighted by Gasteiger charge is -2.29. The summed E-state index contributed by atoms with van der Waals surface area (Å²) in [5.74, 6) is 1.20. The Morgan fingerprint density at radius 2 is 1.96 bits per heavy atom. The van der Waals surface area contributed by atoms with Crippen LogP contribution in [0.2, 0.25) is 0 Å². The number of halogens is 1. The van der Waals surface area contributed by atoms with Crippen LogP contribution >= 0.6 is 0 Å². The van der Waals surface area contributed by atoms with Crippen LogP contribution in [0.25, 0.3) is 10.9 Å². The summed E-state index contributed by atoms with van der Waals surface area (Å²) in [6, 6.07) is 15.1. The Morgan fingerprint density at radius 3 is 2.83 bits per heavy atom. The van der Waals surface area contributed by atoms with Gasteiger partial charge in [-0.1, -0.05) is 31.2 Å². The van der Waals surface area contributed by atoms with Crippen LogP contribution in [-0.2, 0) is 0 Å². The molecule has 4 rings (SSSR count). The third-order valence-electron chi connectivity index (χ3n) is 4.68. The fourth-order valence-electron chi connectivity index (χ4n) is 3.60. The molecule has 0 amide bonds. The number of rotatable bonds is 2. The molecule has 0 radical (unpaired) electrons. The molecular weight excluding hydrogens is 289 g/mol. The van der Waals surface area contributed by atoms with Crippen molar-refractivity contribution >= 4 is 16.7 Å². The molecule has 1 saturated heterocycles. The fraction of sp³-hybridized carbons (Fsp3) is 0.263. The Kier molecular flexibility index (Phi) is 3.45. The summed E-state index contributed by atoms with van der Waals surface area (Å²) in [5.41, 5.74) is 1.95. The first-order valence-electron chi connectivity index (χ1n) is 7.96. The van der Waals surface area contributed by atoms with Crippen LogP contribution in [0.15, 0.2) is 54.9 Å². The van der Waals surface area contributed by atoms with Crippen molar-refractivity contribution in [3.63, 3.8) is 0 Å². The Balaban J connectivity index is 1.83. The Hall–Kier alpha value is -2.49. The summed E-state index contributed by atoms with van der Waals surface area (Å²) in [5, 5.41) is 1.05. The number of benzene rings is 2. The van der Waals surface area contributed by atoms with Gasteiger partial charge < -0.3 is 4.90 Å². The quantitative estimate of drug-likeness (QED) is 0.704. The summed E-state index contributed by atoms with van der Waals surface area (Å²) in [6.07, 6.45) is 2.68. The highest BCUT2D eigenvalue weighted by Gasteiger charge is 2.34. The van der Waals surface area contributed by atoms with E-state index < -0.39 is 0 Å². The van der Waals surface area contributed by atoms with Gasteiger partial charge in [0.1, 0.15) is 18.0 Å². The van der Waals surface area contributed by atoms with Crippen molar-refractivity contribution in [3.05, 3.63) is 66.2 Å². The highest BCUT2D eigenvalue weighted by molar-refractivity contribution is 5.89. The summed E-state index contributed by atoms with van der Waals surface area (Å²) in [4.78, 5) is 11.2. The second kappa shape index (κ2) is 5.61. The van der Waals surface area contributed by atoms with Crippen LogP contribution in [0, 0.1) is 11.7 Å². The lowest BCUT2D eigenvalue weighted by molar-refractivity contribution is 0.526. The monoisotopic (exact) mass is 307 g/mol. The molecule has 0 N–H and O–H groups in total. The van der Waals surface area contributed by atoms with Crippen LogP contribution in [0.5, 0.6) is 0 Å². The van der Waals surface area contributed by atoms with Crippen LogP contribution in [-0.4, -0.2) is 16.5 Å². The van der Waals surface area contributed by atoms with Crippen LogP contribution < -0.4 is 4.90 Å². The molecule has 2 heterocycles. The number of anilines is 1. The van der Waals surface area contributed by atoms with Gasteiger partial charge >= 0.3 is 0 Å². The first-order valence-corrected chi connectivity index (χ1v) is 7.96. The largest absolute Gasteiger partial charge is 0.349 e. The zero-order chi connectivity index (χ0) is 15.8. The minimum atomic E-state index is -0.186. The third kappa shape index (κ3) is 2.44. The predicted molar refractivity (Wildman–Crippen MR) is 89.8 cm³/mol. The number of hydrogen-bond donors (Lipinski definition) is 0. The number of para-hydroxylation sites is 1. The minimum Gasteiger partial charge on any atom is -0.349 e. The van der Waals surface area contributed by atoms with Gasteiger partial charge in [0.25, 0.3) is 0 Å². The van der Waals surface area contributed by atoms with Gasteiger partial charge in [0.05, 0.1) is 11.6 Å². The Bertz CT molecular complexity index is 843. The predicted octanol–water partition coefficient (Wildman–Crippen LogP) is 4.36. The summed E-state index contributed by atoms with van der Waals surface area (Å²) in [6.45, 7) is 3.14. The van der Waals surface area contributed by atoms with Gasteiger partial charge in [0.2, 0.25) is 0 Å². The van der Waals surface area contributed by atoms with Crippen LogP contribution in [0.3, 0.4) is 0 Å². The van der Waals surface area contributed by atoms with E-state index >= 15 is 0 Å². The lowest BCUT2D eigenvalue weighted by atomic mass is 9.95. The van der Waals surface area contributed by atoms with Crippen molar-refractivity contribution in [2.45, 2.75) is 19.4 Å². The molecule has 116 valence electrons. The van der Waals surface area contributed by atoms with Crippen molar-refractivity contribution in [1.82, 2.24) is 9.97 Å². The Labute approximate surface area is 134 Å². The molecule has 1 fully saturated rings. The molecular formula is C19H18FN3. The van der Waals surface area contributed by atoms with E-state index in [-0.39, 0.29) is 11.9 Å². The van der Waals surface area contributed by atoms with Gasteiger partial charge in [0, 0.05) is 11.9 Å². The SMILES string of the molecule is CC1CCN(c2ncnc3ccccc23)C1c1cccc(F)c1. The maximum atomic E-state index is 13.7. The number of fused-ring (bicyclic) bond motifs is 1. The van der Waals surface area contributed by atoms with E-state index in [4.69, 9.17) is 0 Å². The van der Waals surface area contributed by atoms with Gasteiger partial charge in [-0.3, -0.25) is 0 Å². The Morgan fingerprint density at radius 1 is 1.09 bits per heavy atom. The van der Waals surface area contributed by atoms with Gasteiger partial charge in [0.15, 0.2) is 0 Å². The second-order valence-electron chi connectivity index (χ2n) is 6.17. The van der Waals surface area contributed by atoms with Gasteiger partial charge in [-0.2, -0.15) is 0 Å². The molecule has 2 aromatic carbocycles. The minimum absolute atomic E-state index is 0.143. The zero-order valence-corrected chi connectivity index (χ0v) is 13.0. The van der Waals surface area contributed by atoms with E-state index in [0.717, 1.165) is 35.2 Å². The summed E-state index contributed by atoms with van der Waals surface area (Å²) in [7, 11) is 0. The van der Waals surface area contributed by atoms with Crippen molar-refractivity contribution in [2.24, 2.45) is 5.92 Å². The molecule has 1 aromatic heterocycles. The average molecular weight is 307 g/mol. The van der Waals surface area contributed by atoms with Gasteiger partial charge in [-0.25, -0.2) is 14.4 Å². The normalized spacial score (nSPS) is 21.0. The average Bonchev–Trinajstić information content (AvgIpc) is 2.96. The highest BCUT2D eigenvalue weighted by atomic mass is 19.1. The molecule has 0 aliphatic carbocycles. The van der Waals surface area contributed by atoms with E-state index in [2.05, 4.69) is 27.9 Å². The third-order valence-corrected chi connectivity index (χ3v) is 4.68. The van der Waals surface area contributed by atoms with Crippen molar-refractivity contribution in [1.29, 1.82) is 0 Å². The van der Waals surface area contributed by atoms with Gasteiger partial charge in [-0.15, -0.1) is 0 Å². The van der Waals surface area contributed by atoms with E-state index in [1.54, 1.807) is 18.5 Å². The molecule has 1 aliphatic rings. The molecule has 3 nitrogen and oxygen atoms in total. The molecule has 3 aromatic rings. The van der Waals surface area contributed by atoms with E-state index in [9.17, 15) is 4.39 Å². The second-order valence-corrected chi connectivity index (χ2v) is 6.17. The molecule has 1 aliphatic heterocycles. The molecule has 2 atom stereocenters. The number of aromatic nitrogens is 2. The van der Waals surface area contributed by atoms with Crippen molar-refractivity contribution < 1.29 is 4.39 Å². The molecule has 2 unspecified atom stereocenters. The maximum absolute atomic E-state index is 13.7.